The van der Waals surface area contributed by atoms with Gasteiger partial charge in [0.25, 0.3) is 0 Å². The fourth-order valence-electron chi connectivity index (χ4n) is 1.76. The van der Waals surface area contributed by atoms with Gasteiger partial charge in [-0.05, 0) is 30.2 Å². The second-order valence-corrected chi connectivity index (χ2v) is 4.20. The molecule has 4 nitrogen and oxygen atoms in total. The Bertz CT molecular complexity index is 693. The van der Waals surface area contributed by atoms with Gasteiger partial charge in [-0.15, -0.1) is 0 Å². The van der Waals surface area contributed by atoms with Gasteiger partial charge in [-0.1, -0.05) is 24.0 Å². The molecule has 0 saturated heterocycles. The molecule has 0 aliphatic carbocycles. The van der Waals surface area contributed by atoms with Crippen molar-refractivity contribution >= 4 is 0 Å². The van der Waals surface area contributed by atoms with E-state index in [0.717, 1.165) is 16.7 Å². The first kappa shape index (κ1) is 13.1. The Morgan fingerprint density at radius 3 is 3.05 bits per heavy atom. The van der Waals surface area contributed by atoms with Crippen LogP contribution in [0.1, 0.15) is 16.7 Å². The summed E-state index contributed by atoms with van der Waals surface area (Å²) in [6.45, 7) is 2.19. The van der Waals surface area contributed by atoms with E-state index in [4.69, 9.17) is 5.11 Å². The number of aliphatic hydroxyl groups is 1. The first-order valence-corrected chi connectivity index (χ1v) is 5.91. The maximum Gasteiger partial charge on any atom is 0.347 e. The summed E-state index contributed by atoms with van der Waals surface area (Å²) in [4.78, 5) is 15.4. The SMILES string of the molecule is Cc1cnc(=O)n(Cc2cccc(C#CCO)c2)c1. The maximum atomic E-state index is 11.6. The van der Waals surface area contributed by atoms with Crippen molar-refractivity contribution in [2.45, 2.75) is 13.5 Å². The Morgan fingerprint density at radius 2 is 2.26 bits per heavy atom. The van der Waals surface area contributed by atoms with Crippen molar-refractivity contribution in [1.82, 2.24) is 9.55 Å². The normalized spacial score (nSPS) is 9.79. The van der Waals surface area contributed by atoms with Crippen molar-refractivity contribution in [2.75, 3.05) is 6.61 Å². The zero-order valence-electron chi connectivity index (χ0n) is 10.6. The van der Waals surface area contributed by atoms with Crippen molar-refractivity contribution in [3.63, 3.8) is 0 Å². The molecule has 0 aliphatic heterocycles. The van der Waals surface area contributed by atoms with Crippen LogP contribution in [0.25, 0.3) is 0 Å². The molecule has 0 saturated carbocycles. The highest BCUT2D eigenvalue weighted by Crippen LogP contribution is 2.05. The molecular formula is C15H14N2O2. The van der Waals surface area contributed by atoms with E-state index in [0.29, 0.717) is 6.54 Å². The lowest BCUT2D eigenvalue weighted by Gasteiger charge is -2.06. The zero-order chi connectivity index (χ0) is 13.7. The first-order valence-electron chi connectivity index (χ1n) is 5.91. The summed E-state index contributed by atoms with van der Waals surface area (Å²) in [6.07, 6.45) is 3.34. The van der Waals surface area contributed by atoms with Crippen LogP contribution in [0.5, 0.6) is 0 Å². The minimum absolute atomic E-state index is 0.161. The molecule has 1 heterocycles. The van der Waals surface area contributed by atoms with Gasteiger partial charge in [0.15, 0.2) is 0 Å². The van der Waals surface area contributed by atoms with E-state index < -0.39 is 0 Å². The molecule has 96 valence electrons. The fourth-order valence-corrected chi connectivity index (χ4v) is 1.76. The van der Waals surface area contributed by atoms with Crippen molar-refractivity contribution in [3.05, 3.63) is 63.8 Å². The highest BCUT2D eigenvalue weighted by atomic mass is 16.2. The smallest absolute Gasteiger partial charge is 0.347 e. The monoisotopic (exact) mass is 254 g/mol. The van der Waals surface area contributed by atoms with Gasteiger partial charge in [-0.3, -0.25) is 4.57 Å². The van der Waals surface area contributed by atoms with Gasteiger partial charge in [0, 0.05) is 18.0 Å². The second-order valence-electron chi connectivity index (χ2n) is 4.20. The van der Waals surface area contributed by atoms with E-state index in [1.807, 2.05) is 31.2 Å². The molecule has 2 aromatic rings. The van der Waals surface area contributed by atoms with E-state index in [1.54, 1.807) is 17.0 Å². The van der Waals surface area contributed by atoms with Crippen LogP contribution in [-0.2, 0) is 6.54 Å². The molecule has 0 amide bonds. The molecule has 4 heteroatoms. The van der Waals surface area contributed by atoms with E-state index in [9.17, 15) is 4.79 Å². The number of rotatable bonds is 2. The Morgan fingerprint density at radius 1 is 1.42 bits per heavy atom. The van der Waals surface area contributed by atoms with Crippen molar-refractivity contribution in [2.24, 2.45) is 0 Å². The van der Waals surface area contributed by atoms with Gasteiger partial charge in [0.2, 0.25) is 0 Å². The van der Waals surface area contributed by atoms with E-state index >= 15 is 0 Å². The summed E-state index contributed by atoms with van der Waals surface area (Å²) < 4.78 is 1.56. The first-order chi connectivity index (χ1) is 9.19. The van der Waals surface area contributed by atoms with Crippen LogP contribution in [0.15, 0.2) is 41.5 Å². The summed E-state index contributed by atoms with van der Waals surface area (Å²) >= 11 is 0. The highest BCUT2D eigenvalue weighted by molar-refractivity contribution is 5.37. The molecule has 1 aromatic heterocycles. The van der Waals surface area contributed by atoms with Crippen LogP contribution in [-0.4, -0.2) is 21.3 Å². The molecule has 0 aliphatic rings. The minimum atomic E-state index is -0.266. The van der Waals surface area contributed by atoms with Gasteiger partial charge in [0.05, 0.1) is 6.54 Å². The zero-order valence-corrected chi connectivity index (χ0v) is 10.6. The molecule has 0 radical (unpaired) electrons. The van der Waals surface area contributed by atoms with Gasteiger partial charge in [0.1, 0.15) is 6.61 Å². The molecule has 0 atom stereocenters. The van der Waals surface area contributed by atoms with Crippen molar-refractivity contribution < 1.29 is 5.11 Å². The number of aryl methyl sites for hydroxylation is 1. The van der Waals surface area contributed by atoms with Crippen LogP contribution in [0.4, 0.5) is 0 Å². The van der Waals surface area contributed by atoms with Gasteiger partial charge in [-0.2, -0.15) is 0 Å². The lowest BCUT2D eigenvalue weighted by atomic mass is 10.1. The lowest BCUT2D eigenvalue weighted by molar-refractivity contribution is 0.350. The van der Waals surface area contributed by atoms with Gasteiger partial charge < -0.3 is 5.11 Å². The van der Waals surface area contributed by atoms with E-state index in [-0.39, 0.29) is 12.3 Å². The number of nitrogens with zero attached hydrogens (tertiary/aromatic N) is 2. The summed E-state index contributed by atoms with van der Waals surface area (Å²) in [5.74, 6) is 5.44. The largest absolute Gasteiger partial charge is 0.384 e. The Balaban J connectivity index is 2.28. The van der Waals surface area contributed by atoms with Crippen LogP contribution >= 0.6 is 0 Å². The molecule has 19 heavy (non-hydrogen) atoms. The molecule has 0 bridgehead atoms. The average Bonchev–Trinajstić information content (AvgIpc) is 2.41. The summed E-state index contributed by atoms with van der Waals surface area (Å²) in [5.41, 5.74) is 2.47. The Labute approximate surface area is 111 Å². The quantitative estimate of drug-likeness (QED) is 0.812. The standard InChI is InChI=1S/C15H14N2O2/c1-12-9-16-15(19)17(10-12)11-14-5-2-4-13(8-14)6-3-7-18/h2,4-5,8-10,18H,7,11H2,1H3. The van der Waals surface area contributed by atoms with E-state index in [2.05, 4.69) is 16.8 Å². The highest BCUT2D eigenvalue weighted by Gasteiger charge is 2.00. The minimum Gasteiger partial charge on any atom is -0.384 e. The Hall–Kier alpha value is -2.38. The molecule has 1 aromatic carbocycles. The third-order valence-corrected chi connectivity index (χ3v) is 2.58. The predicted octanol–water partition coefficient (Wildman–Crippen LogP) is 0.944. The third kappa shape index (κ3) is 3.54. The Kier molecular flexibility index (Phi) is 4.11. The number of hydrogen-bond donors (Lipinski definition) is 1. The number of aromatic nitrogens is 2. The van der Waals surface area contributed by atoms with Crippen LogP contribution in [0.2, 0.25) is 0 Å². The van der Waals surface area contributed by atoms with Crippen molar-refractivity contribution in [1.29, 1.82) is 0 Å². The number of aliphatic hydroxyl groups excluding tert-OH is 1. The molecule has 2 rings (SSSR count). The third-order valence-electron chi connectivity index (χ3n) is 2.58. The summed E-state index contributed by atoms with van der Waals surface area (Å²) in [6, 6.07) is 7.57. The summed E-state index contributed by atoms with van der Waals surface area (Å²) in [7, 11) is 0. The van der Waals surface area contributed by atoms with Crippen LogP contribution in [0.3, 0.4) is 0 Å². The number of hydrogen-bond acceptors (Lipinski definition) is 3. The van der Waals surface area contributed by atoms with Crippen LogP contribution < -0.4 is 5.69 Å². The van der Waals surface area contributed by atoms with Gasteiger partial charge in [-0.25, -0.2) is 9.78 Å². The predicted molar refractivity (Wildman–Crippen MR) is 72.7 cm³/mol. The molecule has 0 fully saturated rings. The van der Waals surface area contributed by atoms with Crippen molar-refractivity contribution in [3.8, 4) is 11.8 Å². The molecule has 0 unspecified atom stereocenters. The maximum absolute atomic E-state index is 11.6. The molecule has 1 N–H and O–H groups in total. The van der Waals surface area contributed by atoms with Gasteiger partial charge >= 0.3 is 5.69 Å². The summed E-state index contributed by atoms with van der Waals surface area (Å²) in [5, 5.41) is 8.67. The average molecular weight is 254 g/mol. The topological polar surface area (TPSA) is 55.1 Å². The molecular weight excluding hydrogens is 240 g/mol. The lowest BCUT2D eigenvalue weighted by Crippen LogP contribution is -2.22. The van der Waals surface area contributed by atoms with E-state index in [1.165, 1.54) is 0 Å². The second kappa shape index (κ2) is 5.98. The van der Waals surface area contributed by atoms with Crippen LogP contribution in [0, 0.1) is 18.8 Å². The molecule has 0 spiro atoms. The number of benzene rings is 1. The fraction of sp³-hybridized carbons (Fsp3) is 0.200.